The summed E-state index contributed by atoms with van der Waals surface area (Å²) >= 11 is 1.46. The second kappa shape index (κ2) is 9.49. The third-order valence-electron chi connectivity index (χ3n) is 5.25. The Morgan fingerprint density at radius 3 is 2.56 bits per heavy atom. The summed E-state index contributed by atoms with van der Waals surface area (Å²) in [4.78, 5) is 18.4. The summed E-state index contributed by atoms with van der Waals surface area (Å²) in [7, 11) is 1.40. The standard InChI is InChI=1S/C23H21F3N4O3S/c1-12-18(20(31)27-14-5-4-6-15(11-14)34-3)22(30-29-19(12)23(24,25)26)33-17-10-9-16(13-7-8-13)28-21(17)32-2/h4-6,9-11,13H,7-8H2,1-3H3,(H,27,31). The number of aromatic nitrogens is 3. The number of methoxy groups -OCH3 is 1. The van der Waals surface area contributed by atoms with Crippen LogP contribution in [0, 0.1) is 6.92 Å². The quantitative estimate of drug-likeness (QED) is 0.416. The van der Waals surface area contributed by atoms with Gasteiger partial charge in [-0.15, -0.1) is 22.0 Å². The topological polar surface area (TPSA) is 86.2 Å². The number of nitrogens with one attached hydrogen (secondary N) is 1. The zero-order valence-electron chi connectivity index (χ0n) is 18.6. The number of amides is 1. The zero-order chi connectivity index (χ0) is 24.5. The Kier molecular flexibility index (Phi) is 6.65. The summed E-state index contributed by atoms with van der Waals surface area (Å²) in [5, 5.41) is 9.52. The van der Waals surface area contributed by atoms with Crippen molar-refractivity contribution >= 4 is 23.4 Å². The van der Waals surface area contributed by atoms with Crippen molar-refractivity contribution in [2.45, 2.75) is 36.8 Å². The zero-order valence-corrected chi connectivity index (χ0v) is 19.4. The largest absolute Gasteiger partial charge is 0.478 e. The molecule has 3 aromatic rings. The van der Waals surface area contributed by atoms with Gasteiger partial charge in [0.05, 0.1) is 7.11 Å². The number of nitrogens with zero attached hydrogens (tertiary/aromatic N) is 3. The lowest BCUT2D eigenvalue weighted by molar-refractivity contribution is -0.142. The van der Waals surface area contributed by atoms with Gasteiger partial charge in [0.2, 0.25) is 0 Å². The maximum Gasteiger partial charge on any atom is 0.435 e. The Hall–Kier alpha value is -3.34. The number of thioether (sulfide) groups is 1. The molecule has 2 heterocycles. The highest BCUT2D eigenvalue weighted by Crippen LogP contribution is 2.42. The summed E-state index contributed by atoms with van der Waals surface area (Å²) in [5.41, 5.74) is -0.800. The van der Waals surface area contributed by atoms with Crippen LogP contribution in [0.15, 0.2) is 41.3 Å². The van der Waals surface area contributed by atoms with E-state index in [1.54, 1.807) is 30.3 Å². The van der Waals surface area contributed by atoms with Gasteiger partial charge in [-0.1, -0.05) is 6.07 Å². The molecule has 0 spiro atoms. The maximum absolute atomic E-state index is 13.5. The number of carbonyl (C=O) groups is 1. The van der Waals surface area contributed by atoms with E-state index in [4.69, 9.17) is 9.47 Å². The predicted molar refractivity (Wildman–Crippen MR) is 121 cm³/mol. The molecule has 34 heavy (non-hydrogen) atoms. The molecule has 0 saturated heterocycles. The minimum Gasteiger partial charge on any atom is -0.478 e. The lowest BCUT2D eigenvalue weighted by atomic mass is 10.1. The molecule has 1 aromatic carbocycles. The van der Waals surface area contributed by atoms with Crippen LogP contribution in [-0.2, 0) is 6.18 Å². The van der Waals surface area contributed by atoms with Crippen LogP contribution in [0.4, 0.5) is 18.9 Å². The van der Waals surface area contributed by atoms with Gasteiger partial charge >= 0.3 is 6.18 Å². The van der Waals surface area contributed by atoms with E-state index in [0.717, 1.165) is 30.4 Å². The van der Waals surface area contributed by atoms with Crippen molar-refractivity contribution in [3.8, 4) is 17.5 Å². The Labute approximate surface area is 198 Å². The first-order valence-electron chi connectivity index (χ1n) is 10.3. The Balaban J connectivity index is 1.73. The van der Waals surface area contributed by atoms with E-state index in [9.17, 15) is 18.0 Å². The third-order valence-corrected chi connectivity index (χ3v) is 5.98. The van der Waals surface area contributed by atoms with E-state index in [1.807, 2.05) is 12.3 Å². The van der Waals surface area contributed by atoms with E-state index in [0.29, 0.717) is 11.6 Å². The molecule has 1 fully saturated rings. The predicted octanol–water partition coefficient (Wildman–Crippen LogP) is 5.85. The van der Waals surface area contributed by atoms with Crippen LogP contribution in [0.1, 0.15) is 46.1 Å². The average Bonchev–Trinajstić information content (AvgIpc) is 3.64. The molecule has 0 atom stereocenters. The Bertz CT molecular complexity index is 1230. The van der Waals surface area contributed by atoms with E-state index in [-0.39, 0.29) is 23.1 Å². The summed E-state index contributed by atoms with van der Waals surface area (Å²) in [6, 6.07) is 10.3. The molecule has 0 aliphatic heterocycles. The number of carbonyl (C=O) groups excluding carboxylic acids is 1. The fourth-order valence-electron chi connectivity index (χ4n) is 3.38. The van der Waals surface area contributed by atoms with E-state index in [1.165, 1.54) is 18.9 Å². The monoisotopic (exact) mass is 490 g/mol. The highest BCUT2D eigenvalue weighted by molar-refractivity contribution is 7.98. The number of benzene rings is 1. The lowest BCUT2D eigenvalue weighted by Crippen LogP contribution is -2.21. The van der Waals surface area contributed by atoms with Crippen LogP contribution in [0.3, 0.4) is 0 Å². The van der Waals surface area contributed by atoms with Crippen molar-refractivity contribution in [2.75, 3.05) is 18.7 Å². The van der Waals surface area contributed by atoms with Crippen LogP contribution in [0.5, 0.6) is 17.5 Å². The second-order valence-corrected chi connectivity index (χ2v) is 8.54. The van der Waals surface area contributed by atoms with Gasteiger partial charge in [0.15, 0.2) is 11.4 Å². The third kappa shape index (κ3) is 5.09. The van der Waals surface area contributed by atoms with Crippen LogP contribution >= 0.6 is 11.8 Å². The molecular formula is C23H21F3N4O3S. The minimum absolute atomic E-state index is 0.110. The number of alkyl halides is 3. The van der Waals surface area contributed by atoms with Gasteiger partial charge in [-0.2, -0.15) is 13.2 Å². The van der Waals surface area contributed by atoms with E-state index < -0.39 is 23.3 Å². The van der Waals surface area contributed by atoms with Gasteiger partial charge in [-0.25, -0.2) is 4.98 Å². The van der Waals surface area contributed by atoms with Gasteiger partial charge < -0.3 is 14.8 Å². The number of hydrogen-bond acceptors (Lipinski definition) is 7. The minimum atomic E-state index is -4.80. The number of hydrogen-bond donors (Lipinski definition) is 1. The van der Waals surface area contributed by atoms with Crippen molar-refractivity contribution in [3.05, 3.63) is 58.9 Å². The lowest BCUT2D eigenvalue weighted by Gasteiger charge is -2.17. The van der Waals surface area contributed by atoms with Gasteiger partial charge in [0.1, 0.15) is 5.56 Å². The van der Waals surface area contributed by atoms with Crippen LogP contribution in [-0.4, -0.2) is 34.5 Å². The molecular weight excluding hydrogens is 469 g/mol. The van der Waals surface area contributed by atoms with Gasteiger partial charge in [-0.3, -0.25) is 4.79 Å². The molecule has 1 aliphatic carbocycles. The van der Waals surface area contributed by atoms with Crippen LogP contribution in [0.2, 0.25) is 0 Å². The van der Waals surface area contributed by atoms with Gasteiger partial charge in [0.25, 0.3) is 17.7 Å². The fraction of sp³-hybridized carbons (Fsp3) is 0.304. The number of anilines is 1. The molecule has 178 valence electrons. The van der Waals surface area contributed by atoms with Crippen LogP contribution < -0.4 is 14.8 Å². The average molecular weight is 491 g/mol. The highest BCUT2D eigenvalue weighted by Gasteiger charge is 2.38. The molecule has 1 saturated carbocycles. The van der Waals surface area contributed by atoms with Crippen molar-refractivity contribution in [1.29, 1.82) is 0 Å². The first-order valence-corrected chi connectivity index (χ1v) is 11.6. The molecule has 7 nitrogen and oxygen atoms in total. The van der Waals surface area contributed by atoms with Crippen molar-refractivity contribution in [3.63, 3.8) is 0 Å². The molecule has 4 rings (SSSR count). The summed E-state index contributed by atoms with van der Waals surface area (Å²) < 4.78 is 51.6. The van der Waals surface area contributed by atoms with Crippen LogP contribution in [0.25, 0.3) is 0 Å². The molecule has 11 heteroatoms. The summed E-state index contributed by atoms with van der Waals surface area (Å²) in [5.74, 6) is -0.591. The van der Waals surface area contributed by atoms with Gasteiger partial charge in [0, 0.05) is 22.2 Å². The highest BCUT2D eigenvalue weighted by atomic mass is 32.2. The van der Waals surface area contributed by atoms with E-state index >= 15 is 0 Å². The number of rotatable bonds is 7. The summed E-state index contributed by atoms with van der Waals surface area (Å²) in [6.07, 6.45) is -0.867. The number of ether oxygens (including phenoxy) is 2. The fourth-order valence-corrected chi connectivity index (χ4v) is 3.84. The van der Waals surface area contributed by atoms with Gasteiger partial charge in [-0.05, 0) is 61.9 Å². The summed E-state index contributed by atoms with van der Waals surface area (Å²) in [6.45, 7) is 1.16. The molecule has 2 aromatic heterocycles. The molecule has 0 unspecified atom stereocenters. The number of pyridine rings is 1. The maximum atomic E-state index is 13.5. The molecule has 0 bridgehead atoms. The normalized spacial score (nSPS) is 13.5. The molecule has 0 radical (unpaired) electrons. The molecule has 1 aliphatic rings. The first-order chi connectivity index (χ1) is 16.2. The van der Waals surface area contributed by atoms with E-state index in [2.05, 4.69) is 20.5 Å². The van der Waals surface area contributed by atoms with Crippen molar-refractivity contribution < 1.29 is 27.4 Å². The van der Waals surface area contributed by atoms with Crippen molar-refractivity contribution in [1.82, 2.24) is 15.2 Å². The first kappa shape index (κ1) is 23.8. The second-order valence-electron chi connectivity index (χ2n) is 7.66. The smallest absolute Gasteiger partial charge is 0.435 e. The number of halogens is 3. The van der Waals surface area contributed by atoms with Crippen molar-refractivity contribution in [2.24, 2.45) is 0 Å². The Morgan fingerprint density at radius 1 is 1.15 bits per heavy atom. The molecule has 1 amide bonds. The molecule has 1 N–H and O–H groups in total. The Morgan fingerprint density at radius 2 is 1.91 bits per heavy atom. The SMILES string of the molecule is COc1nc(C2CC2)ccc1Oc1nnc(C(F)(F)F)c(C)c1C(=O)Nc1cccc(SC)c1.